The average Bonchev–Trinajstić information content (AvgIpc) is 2.68. The smallest absolute Gasteiger partial charge is 0.338 e. The van der Waals surface area contributed by atoms with Crippen LogP contribution in [-0.4, -0.2) is 19.4 Å². The second kappa shape index (κ2) is 8.20. The van der Waals surface area contributed by atoms with Gasteiger partial charge in [0.1, 0.15) is 11.8 Å². The number of halogens is 1. The number of pyridine rings is 1. The van der Waals surface area contributed by atoms with Gasteiger partial charge in [-0.2, -0.15) is 0 Å². The van der Waals surface area contributed by atoms with Crippen LogP contribution in [0.5, 0.6) is 0 Å². The summed E-state index contributed by atoms with van der Waals surface area (Å²) in [7, 11) is -3.74. The van der Waals surface area contributed by atoms with Crippen molar-refractivity contribution in [1.29, 1.82) is 0 Å². The molecule has 27 heavy (non-hydrogen) atoms. The first-order valence-corrected chi connectivity index (χ1v) is 9.76. The summed E-state index contributed by atoms with van der Waals surface area (Å²) in [6.07, 6.45) is 1.51. The summed E-state index contributed by atoms with van der Waals surface area (Å²) in [5, 5.41) is 0.353. The molecule has 8 heteroatoms. The second-order valence-corrected chi connectivity index (χ2v) is 7.63. The number of carbonyl (C=O) groups is 1. The molecule has 3 rings (SSSR count). The van der Waals surface area contributed by atoms with E-state index >= 15 is 0 Å². The molecule has 2 aromatic carbocycles. The highest BCUT2D eigenvalue weighted by molar-refractivity contribution is 7.92. The first kappa shape index (κ1) is 18.9. The Morgan fingerprint density at radius 2 is 1.70 bits per heavy atom. The number of hydrogen-bond donors (Lipinski definition) is 1. The first-order valence-electron chi connectivity index (χ1n) is 7.89. The van der Waals surface area contributed by atoms with Crippen molar-refractivity contribution in [2.75, 3.05) is 4.72 Å². The molecule has 3 aromatic rings. The molecule has 1 N–H and O–H groups in total. The Bertz CT molecular complexity index is 1020. The van der Waals surface area contributed by atoms with E-state index in [2.05, 4.69) is 9.71 Å². The number of nitrogens with zero attached hydrogens (tertiary/aromatic N) is 1. The van der Waals surface area contributed by atoms with Gasteiger partial charge >= 0.3 is 5.97 Å². The lowest BCUT2D eigenvalue weighted by molar-refractivity contribution is 0.0472. The molecule has 0 unspecified atom stereocenters. The molecular weight excluding hydrogens is 388 g/mol. The summed E-state index contributed by atoms with van der Waals surface area (Å²) in [6.45, 7) is 0.0403. The molecule has 0 fully saturated rings. The molecule has 0 radical (unpaired) electrons. The van der Waals surface area contributed by atoms with Gasteiger partial charge in [-0.15, -0.1) is 0 Å². The van der Waals surface area contributed by atoms with E-state index in [4.69, 9.17) is 16.3 Å². The quantitative estimate of drug-likeness (QED) is 0.499. The van der Waals surface area contributed by atoms with E-state index in [1.807, 2.05) is 0 Å². The lowest BCUT2D eigenvalue weighted by Crippen LogP contribution is -2.13. The first-order chi connectivity index (χ1) is 12.9. The van der Waals surface area contributed by atoms with Crippen LogP contribution in [0, 0.1) is 0 Å². The van der Waals surface area contributed by atoms with Crippen LogP contribution in [0.25, 0.3) is 0 Å². The highest BCUT2D eigenvalue weighted by Crippen LogP contribution is 2.17. The predicted octanol–water partition coefficient (Wildman–Crippen LogP) is 3.89. The van der Waals surface area contributed by atoms with E-state index in [1.54, 1.807) is 42.5 Å². The number of aromatic nitrogens is 1. The summed E-state index contributed by atoms with van der Waals surface area (Å²) < 4.78 is 32.4. The van der Waals surface area contributed by atoms with Crippen LogP contribution in [0.2, 0.25) is 5.15 Å². The Labute approximate surface area is 161 Å². The lowest BCUT2D eigenvalue weighted by Gasteiger charge is -2.09. The van der Waals surface area contributed by atoms with Gasteiger partial charge in [-0.25, -0.2) is 18.2 Å². The molecule has 0 aliphatic carbocycles. The third-order valence-electron chi connectivity index (χ3n) is 3.58. The van der Waals surface area contributed by atoms with Gasteiger partial charge in [0.05, 0.1) is 10.5 Å². The highest BCUT2D eigenvalue weighted by Gasteiger charge is 2.15. The van der Waals surface area contributed by atoms with Crippen molar-refractivity contribution >= 4 is 33.3 Å². The molecule has 1 aromatic heterocycles. The Morgan fingerprint density at radius 1 is 1.00 bits per heavy atom. The minimum absolute atomic E-state index is 0.0403. The SMILES string of the molecule is O=C(OCc1ccc(Cl)nc1)c1ccc(S(=O)(=O)Nc2ccccc2)cc1. The number of benzene rings is 2. The molecule has 1 heterocycles. The van der Waals surface area contributed by atoms with E-state index in [-0.39, 0.29) is 17.1 Å². The fourth-order valence-corrected chi connectivity index (χ4v) is 3.38. The monoisotopic (exact) mass is 402 g/mol. The number of esters is 1. The van der Waals surface area contributed by atoms with Crippen molar-refractivity contribution in [2.45, 2.75) is 11.5 Å². The molecule has 138 valence electrons. The van der Waals surface area contributed by atoms with E-state index in [0.717, 1.165) is 0 Å². The number of anilines is 1. The van der Waals surface area contributed by atoms with Gasteiger partial charge in [0, 0.05) is 17.4 Å². The molecular formula is C19H15ClN2O4S. The van der Waals surface area contributed by atoms with Crippen LogP contribution in [0.3, 0.4) is 0 Å². The maximum Gasteiger partial charge on any atom is 0.338 e. The summed E-state index contributed by atoms with van der Waals surface area (Å²) >= 11 is 5.70. The fourth-order valence-electron chi connectivity index (χ4n) is 2.21. The number of hydrogen-bond acceptors (Lipinski definition) is 5. The van der Waals surface area contributed by atoms with Gasteiger partial charge in [0.15, 0.2) is 0 Å². The van der Waals surface area contributed by atoms with Crippen molar-refractivity contribution in [3.05, 3.63) is 89.2 Å². The van der Waals surface area contributed by atoms with Gasteiger partial charge in [-0.1, -0.05) is 35.9 Å². The van der Waals surface area contributed by atoms with Crippen LogP contribution in [0.15, 0.2) is 77.8 Å². The Morgan fingerprint density at radius 3 is 2.33 bits per heavy atom. The molecule has 0 saturated heterocycles. The van der Waals surface area contributed by atoms with Crippen LogP contribution in [0.4, 0.5) is 5.69 Å². The van der Waals surface area contributed by atoms with Crippen LogP contribution in [-0.2, 0) is 21.4 Å². The molecule has 0 bridgehead atoms. The third-order valence-corrected chi connectivity index (χ3v) is 5.21. The molecule has 0 aliphatic heterocycles. The Hall–Kier alpha value is -2.90. The van der Waals surface area contributed by atoms with Gasteiger partial charge in [0.25, 0.3) is 10.0 Å². The second-order valence-electron chi connectivity index (χ2n) is 5.56. The minimum atomic E-state index is -3.74. The van der Waals surface area contributed by atoms with E-state index in [9.17, 15) is 13.2 Å². The summed E-state index contributed by atoms with van der Waals surface area (Å²) in [4.78, 5) is 16.1. The predicted molar refractivity (Wildman–Crippen MR) is 102 cm³/mol. The fraction of sp³-hybridized carbons (Fsp3) is 0.0526. The summed E-state index contributed by atoms with van der Waals surface area (Å²) in [5.41, 5.74) is 1.40. The third kappa shape index (κ3) is 5.06. The van der Waals surface area contributed by atoms with Gasteiger partial charge < -0.3 is 4.74 Å². The molecule has 0 aliphatic rings. The molecule has 6 nitrogen and oxygen atoms in total. The van der Waals surface area contributed by atoms with E-state index < -0.39 is 16.0 Å². The van der Waals surface area contributed by atoms with Crippen molar-refractivity contribution in [1.82, 2.24) is 4.98 Å². The maximum atomic E-state index is 12.4. The topological polar surface area (TPSA) is 85.4 Å². The summed E-state index contributed by atoms with van der Waals surface area (Å²) in [5.74, 6) is -0.565. The zero-order chi connectivity index (χ0) is 19.3. The number of nitrogens with one attached hydrogen (secondary N) is 1. The summed E-state index contributed by atoms with van der Waals surface area (Å²) in [6, 6.07) is 17.4. The zero-order valence-electron chi connectivity index (χ0n) is 14.0. The minimum Gasteiger partial charge on any atom is -0.457 e. The average molecular weight is 403 g/mol. The Kier molecular flexibility index (Phi) is 5.73. The normalized spacial score (nSPS) is 11.0. The van der Waals surface area contributed by atoms with Crippen LogP contribution < -0.4 is 4.72 Å². The van der Waals surface area contributed by atoms with Crippen molar-refractivity contribution in [3.63, 3.8) is 0 Å². The van der Waals surface area contributed by atoms with Crippen molar-refractivity contribution < 1.29 is 17.9 Å². The van der Waals surface area contributed by atoms with Crippen molar-refractivity contribution in [2.24, 2.45) is 0 Å². The number of ether oxygens (including phenoxy) is 1. The number of carbonyl (C=O) groups excluding carboxylic acids is 1. The van der Waals surface area contributed by atoms with Gasteiger partial charge in [0.2, 0.25) is 0 Å². The van der Waals surface area contributed by atoms with Gasteiger partial charge in [-0.3, -0.25) is 4.72 Å². The number of sulfonamides is 1. The maximum absolute atomic E-state index is 12.4. The van der Waals surface area contributed by atoms with Crippen LogP contribution in [0.1, 0.15) is 15.9 Å². The lowest BCUT2D eigenvalue weighted by atomic mass is 10.2. The molecule has 0 amide bonds. The van der Waals surface area contributed by atoms with Crippen LogP contribution >= 0.6 is 11.6 Å². The van der Waals surface area contributed by atoms with Crippen molar-refractivity contribution in [3.8, 4) is 0 Å². The largest absolute Gasteiger partial charge is 0.457 e. The highest BCUT2D eigenvalue weighted by atomic mass is 35.5. The zero-order valence-corrected chi connectivity index (χ0v) is 15.6. The van der Waals surface area contributed by atoms with E-state index in [1.165, 1.54) is 30.5 Å². The Balaban J connectivity index is 1.65. The van der Waals surface area contributed by atoms with E-state index in [0.29, 0.717) is 16.4 Å². The number of rotatable bonds is 6. The standard InChI is InChI=1S/C19H15ClN2O4S/c20-18-11-6-14(12-21-18)13-26-19(23)15-7-9-17(10-8-15)27(24,25)22-16-4-2-1-3-5-16/h1-12,22H,13H2. The molecule has 0 saturated carbocycles. The van der Waals surface area contributed by atoms with Gasteiger partial charge in [-0.05, 0) is 42.5 Å². The number of para-hydroxylation sites is 1. The molecule has 0 spiro atoms. The molecule has 0 atom stereocenters.